The lowest BCUT2D eigenvalue weighted by atomic mass is 9.97. The Hall–Kier alpha value is -2.93. The van der Waals surface area contributed by atoms with Crippen molar-refractivity contribution >= 4 is 17.5 Å². The minimum Gasteiger partial charge on any atom is -0.484 e. The average Bonchev–Trinajstić information content (AvgIpc) is 3.24. The Kier molecular flexibility index (Phi) is 5.76. The van der Waals surface area contributed by atoms with Crippen LogP contribution in [0.3, 0.4) is 0 Å². The number of hydrogen-bond acceptors (Lipinski definition) is 5. The van der Waals surface area contributed by atoms with Crippen molar-refractivity contribution in [3.05, 3.63) is 65.3 Å². The number of halogens is 2. The fraction of sp³-hybridized carbons (Fsp3) is 0.286. The van der Waals surface area contributed by atoms with Crippen LogP contribution in [0.4, 0.5) is 4.39 Å². The van der Waals surface area contributed by atoms with Gasteiger partial charge in [0.15, 0.2) is 6.61 Å². The molecule has 1 aliphatic heterocycles. The molecule has 29 heavy (non-hydrogen) atoms. The first-order valence-corrected chi connectivity index (χ1v) is 9.72. The van der Waals surface area contributed by atoms with Gasteiger partial charge in [0.05, 0.1) is 0 Å². The molecule has 1 saturated heterocycles. The van der Waals surface area contributed by atoms with Crippen LogP contribution < -0.4 is 4.74 Å². The lowest BCUT2D eigenvalue weighted by Crippen LogP contribution is -2.40. The number of carbonyl (C=O) groups excluding carboxylic acids is 1. The zero-order valence-corrected chi connectivity index (χ0v) is 16.3. The van der Waals surface area contributed by atoms with Gasteiger partial charge in [0.1, 0.15) is 11.6 Å². The van der Waals surface area contributed by atoms with Crippen LogP contribution in [0.25, 0.3) is 11.4 Å². The number of carbonyl (C=O) groups is 1. The van der Waals surface area contributed by atoms with Crippen LogP contribution in [0.1, 0.15) is 24.7 Å². The van der Waals surface area contributed by atoms with E-state index < -0.39 is 0 Å². The van der Waals surface area contributed by atoms with E-state index in [4.69, 9.17) is 20.9 Å². The van der Waals surface area contributed by atoms with Gasteiger partial charge >= 0.3 is 0 Å². The summed E-state index contributed by atoms with van der Waals surface area (Å²) in [7, 11) is 0. The third-order valence-corrected chi connectivity index (χ3v) is 5.17. The van der Waals surface area contributed by atoms with E-state index in [0.29, 0.717) is 41.1 Å². The number of rotatable bonds is 5. The number of aromatic nitrogens is 2. The summed E-state index contributed by atoms with van der Waals surface area (Å²) >= 11 is 5.84. The van der Waals surface area contributed by atoms with Crippen LogP contribution in [-0.4, -0.2) is 40.6 Å². The molecule has 3 aromatic rings. The van der Waals surface area contributed by atoms with Crippen molar-refractivity contribution in [3.63, 3.8) is 0 Å². The van der Waals surface area contributed by atoms with Crippen LogP contribution in [-0.2, 0) is 4.79 Å². The highest BCUT2D eigenvalue weighted by Crippen LogP contribution is 2.28. The third-order valence-electron chi connectivity index (χ3n) is 4.92. The Morgan fingerprint density at radius 2 is 1.83 bits per heavy atom. The molecule has 0 N–H and O–H groups in total. The normalized spacial score (nSPS) is 14.8. The summed E-state index contributed by atoms with van der Waals surface area (Å²) in [5.74, 6) is 1.32. The molecular weight excluding hydrogens is 397 g/mol. The Morgan fingerprint density at radius 1 is 1.14 bits per heavy atom. The number of nitrogens with zero attached hydrogens (tertiary/aromatic N) is 3. The van der Waals surface area contributed by atoms with Crippen molar-refractivity contribution in [2.45, 2.75) is 18.8 Å². The highest BCUT2D eigenvalue weighted by Gasteiger charge is 2.27. The molecule has 8 heteroatoms. The van der Waals surface area contributed by atoms with Gasteiger partial charge < -0.3 is 14.2 Å². The molecule has 0 bridgehead atoms. The number of likely N-dealkylation sites (tertiary alicyclic amines) is 1. The molecule has 1 fully saturated rings. The van der Waals surface area contributed by atoms with Crippen molar-refractivity contribution in [2.75, 3.05) is 19.7 Å². The first-order chi connectivity index (χ1) is 14.1. The Morgan fingerprint density at radius 3 is 2.52 bits per heavy atom. The van der Waals surface area contributed by atoms with Crippen molar-refractivity contribution in [3.8, 4) is 17.1 Å². The molecule has 2 aromatic carbocycles. The summed E-state index contributed by atoms with van der Waals surface area (Å²) < 4.78 is 24.0. The molecule has 0 aliphatic carbocycles. The van der Waals surface area contributed by atoms with E-state index in [-0.39, 0.29) is 24.2 Å². The Balaban J connectivity index is 1.29. The lowest BCUT2D eigenvalue weighted by Gasteiger charge is -2.30. The first-order valence-electron chi connectivity index (χ1n) is 9.34. The Bertz CT molecular complexity index is 968. The second-order valence-corrected chi connectivity index (χ2v) is 7.30. The maximum atomic E-state index is 13.1. The van der Waals surface area contributed by atoms with Crippen molar-refractivity contribution in [2.24, 2.45) is 0 Å². The molecule has 1 amide bonds. The highest BCUT2D eigenvalue weighted by atomic mass is 35.5. The second-order valence-electron chi connectivity index (χ2n) is 6.86. The quantitative estimate of drug-likeness (QED) is 0.621. The van der Waals surface area contributed by atoms with Crippen molar-refractivity contribution in [1.82, 2.24) is 15.0 Å². The van der Waals surface area contributed by atoms with E-state index >= 15 is 0 Å². The molecule has 4 rings (SSSR count). The van der Waals surface area contributed by atoms with Crippen LogP contribution in [0.2, 0.25) is 5.02 Å². The predicted molar refractivity (Wildman–Crippen MR) is 105 cm³/mol. The van der Waals surface area contributed by atoms with Gasteiger partial charge in [-0.25, -0.2) is 4.39 Å². The number of ether oxygens (including phenoxy) is 1. The fourth-order valence-corrected chi connectivity index (χ4v) is 3.39. The molecular formula is C21H19ClFN3O3. The van der Waals surface area contributed by atoms with Crippen molar-refractivity contribution in [1.29, 1.82) is 0 Å². The van der Waals surface area contributed by atoms with Gasteiger partial charge in [0.25, 0.3) is 5.91 Å². The van der Waals surface area contributed by atoms with Gasteiger partial charge in [-0.05, 0) is 61.4 Å². The summed E-state index contributed by atoms with van der Waals surface area (Å²) in [6.07, 6.45) is 1.47. The van der Waals surface area contributed by atoms with E-state index in [1.807, 2.05) is 0 Å². The topological polar surface area (TPSA) is 68.5 Å². The SMILES string of the molecule is O=C(COc1ccc(Cl)cc1)N1CCC(c2nc(-c3ccc(F)cc3)no2)CC1. The molecule has 2 heterocycles. The van der Waals surface area contributed by atoms with Gasteiger partial charge in [0, 0.05) is 29.6 Å². The number of amides is 1. The van der Waals surface area contributed by atoms with Gasteiger partial charge in [-0.3, -0.25) is 4.79 Å². The fourth-order valence-electron chi connectivity index (χ4n) is 3.26. The summed E-state index contributed by atoms with van der Waals surface area (Å²) in [5, 5.41) is 4.62. The molecule has 150 valence electrons. The van der Waals surface area contributed by atoms with Gasteiger partial charge in [-0.15, -0.1) is 0 Å². The van der Waals surface area contributed by atoms with Gasteiger partial charge in [-0.1, -0.05) is 16.8 Å². The van der Waals surface area contributed by atoms with E-state index in [0.717, 1.165) is 12.8 Å². The van der Waals surface area contributed by atoms with Gasteiger partial charge in [0.2, 0.25) is 11.7 Å². The van der Waals surface area contributed by atoms with E-state index in [1.165, 1.54) is 12.1 Å². The van der Waals surface area contributed by atoms with Crippen LogP contribution in [0.15, 0.2) is 53.1 Å². The minimum absolute atomic E-state index is 0.0123. The third kappa shape index (κ3) is 4.74. The number of benzene rings is 2. The summed E-state index contributed by atoms with van der Waals surface area (Å²) in [6.45, 7) is 1.19. The maximum Gasteiger partial charge on any atom is 0.260 e. The highest BCUT2D eigenvalue weighted by molar-refractivity contribution is 6.30. The largest absolute Gasteiger partial charge is 0.484 e. The summed E-state index contributed by atoms with van der Waals surface area (Å²) in [5.41, 5.74) is 0.702. The molecule has 0 atom stereocenters. The number of piperidine rings is 1. The molecule has 0 saturated carbocycles. The van der Waals surface area contributed by atoms with Gasteiger partial charge in [-0.2, -0.15) is 4.98 Å². The van der Waals surface area contributed by atoms with Crippen molar-refractivity contribution < 1.29 is 18.4 Å². The molecule has 0 spiro atoms. The zero-order valence-electron chi connectivity index (χ0n) is 15.6. The monoisotopic (exact) mass is 415 g/mol. The smallest absolute Gasteiger partial charge is 0.260 e. The maximum absolute atomic E-state index is 13.1. The summed E-state index contributed by atoms with van der Waals surface area (Å²) in [6, 6.07) is 12.9. The number of hydrogen-bond donors (Lipinski definition) is 0. The first kappa shape index (κ1) is 19.4. The molecule has 6 nitrogen and oxygen atoms in total. The Labute approximate surface area is 172 Å². The molecule has 0 radical (unpaired) electrons. The average molecular weight is 416 g/mol. The molecule has 0 unspecified atom stereocenters. The van der Waals surface area contributed by atoms with Crippen LogP contribution in [0, 0.1) is 5.82 Å². The zero-order chi connectivity index (χ0) is 20.2. The van der Waals surface area contributed by atoms with Crippen LogP contribution >= 0.6 is 11.6 Å². The molecule has 1 aliphatic rings. The lowest BCUT2D eigenvalue weighted by molar-refractivity contribution is -0.134. The molecule has 1 aromatic heterocycles. The minimum atomic E-state index is -0.311. The predicted octanol–water partition coefficient (Wildman–Crippen LogP) is 4.31. The summed E-state index contributed by atoms with van der Waals surface area (Å²) in [4.78, 5) is 18.6. The van der Waals surface area contributed by atoms with E-state index in [9.17, 15) is 9.18 Å². The van der Waals surface area contributed by atoms with E-state index in [2.05, 4.69) is 10.1 Å². The van der Waals surface area contributed by atoms with E-state index in [1.54, 1.807) is 41.3 Å². The second kappa shape index (κ2) is 8.61. The standard InChI is InChI=1S/C21H19ClFN3O3/c22-16-3-7-18(8-4-16)28-13-19(27)26-11-9-15(10-12-26)21-24-20(25-29-21)14-1-5-17(23)6-2-14/h1-8,15H,9-13H2. The van der Waals surface area contributed by atoms with Crippen LogP contribution in [0.5, 0.6) is 5.75 Å².